The summed E-state index contributed by atoms with van der Waals surface area (Å²) in [6.45, 7) is 2.30. The van der Waals surface area contributed by atoms with Crippen molar-refractivity contribution < 1.29 is 14.2 Å². The van der Waals surface area contributed by atoms with Crippen LogP contribution in [0.1, 0.15) is 5.56 Å². The van der Waals surface area contributed by atoms with Crippen LogP contribution in [0.15, 0.2) is 18.2 Å². The fourth-order valence-electron chi connectivity index (χ4n) is 1.47. The Morgan fingerprint density at radius 3 is 2.72 bits per heavy atom. The molecule has 0 aliphatic heterocycles. The second-order valence-electron chi connectivity index (χ2n) is 3.53. The number of methoxy groups -OCH3 is 2. The summed E-state index contributed by atoms with van der Waals surface area (Å²) >= 11 is 0. The van der Waals surface area contributed by atoms with Crippen LogP contribution in [0.2, 0.25) is 0 Å². The molecular formula is C13H18N2O3. The van der Waals surface area contributed by atoms with Gasteiger partial charge in [-0.25, -0.2) is 0 Å². The molecule has 0 saturated carbocycles. The molecule has 0 unspecified atom stereocenters. The second-order valence-corrected chi connectivity index (χ2v) is 3.53. The lowest BCUT2D eigenvalue weighted by atomic mass is 10.2. The van der Waals surface area contributed by atoms with Crippen LogP contribution in [0.4, 0.5) is 5.69 Å². The van der Waals surface area contributed by atoms with Gasteiger partial charge in [-0.1, -0.05) is 6.07 Å². The Labute approximate surface area is 107 Å². The molecule has 0 heterocycles. The molecule has 0 saturated heterocycles. The van der Waals surface area contributed by atoms with E-state index in [-0.39, 0.29) is 0 Å². The Kier molecular flexibility index (Phi) is 6.62. The lowest BCUT2D eigenvalue weighted by molar-refractivity contribution is 0.0759. The van der Waals surface area contributed by atoms with Crippen molar-refractivity contribution in [1.29, 1.82) is 5.26 Å². The van der Waals surface area contributed by atoms with Gasteiger partial charge in [-0.15, -0.1) is 0 Å². The number of nitrogens with zero attached hydrogens (tertiary/aromatic N) is 1. The Balaban J connectivity index is 2.48. The molecule has 1 aromatic rings. The van der Waals surface area contributed by atoms with Gasteiger partial charge in [0.2, 0.25) is 0 Å². The summed E-state index contributed by atoms with van der Waals surface area (Å²) in [5, 5.41) is 12.2. The van der Waals surface area contributed by atoms with Gasteiger partial charge in [0.1, 0.15) is 11.8 Å². The Morgan fingerprint density at radius 2 is 2.06 bits per heavy atom. The minimum absolute atomic E-state index is 0.548. The number of hydrogen-bond acceptors (Lipinski definition) is 5. The maximum absolute atomic E-state index is 9.02. The topological polar surface area (TPSA) is 63.5 Å². The van der Waals surface area contributed by atoms with Crippen LogP contribution >= 0.6 is 0 Å². The number of anilines is 1. The molecule has 0 bridgehead atoms. The van der Waals surface area contributed by atoms with Crippen LogP contribution in [0.3, 0.4) is 0 Å². The Morgan fingerprint density at radius 1 is 1.22 bits per heavy atom. The monoisotopic (exact) mass is 250 g/mol. The number of ether oxygens (including phenoxy) is 3. The fourth-order valence-corrected chi connectivity index (χ4v) is 1.47. The summed E-state index contributed by atoms with van der Waals surface area (Å²) in [5.74, 6) is 0.658. The van der Waals surface area contributed by atoms with E-state index in [9.17, 15) is 0 Å². The van der Waals surface area contributed by atoms with E-state index in [4.69, 9.17) is 19.5 Å². The largest absolute Gasteiger partial charge is 0.495 e. The quantitative estimate of drug-likeness (QED) is 0.711. The summed E-state index contributed by atoms with van der Waals surface area (Å²) < 4.78 is 15.4. The molecule has 5 heteroatoms. The standard InChI is InChI=1S/C13H18N2O3/c1-16-8-9-18-7-6-15-13-11(10-14)4-3-5-12(13)17-2/h3-5,15H,6-9H2,1-2H3. The maximum Gasteiger partial charge on any atom is 0.143 e. The smallest absolute Gasteiger partial charge is 0.143 e. The van der Waals surface area contributed by atoms with Crippen molar-refractivity contribution in [1.82, 2.24) is 0 Å². The third kappa shape index (κ3) is 4.24. The van der Waals surface area contributed by atoms with Gasteiger partial charge in [0.15, 0.2) is 0 Å². The van der Waals surface area contributed by atoms with Crippen LogP contribution in [-0.2, 0) is 9.47 Å². The predicted octanol–water partition coefficient (Wildman–Crippen LogP) is 1.64. The van der Waals surface area contributed by atoms with Crippen LogP contribution in [-0.4, -0.2) is 40.6 Å². The summed E-state index contributed by atoms with van der Waals surface area (Å²) in [4.78, 5) is 0. The van der Waals surface area contributed by atoms with E-state index >= 15 is 0 Å². The lowest BCUT2D eigenvalue weighted by Gasteiger charge is -2.12. The molecule has 0 fully saturated rings. The van der Waals surface area contributed by atoms with Crippen molar-refractivity contribution in [3.63, 3.8) is 0 Å². The molecule has 98 valence electrons. The molecule has 1 aromatic carbocycles. The highest BCUT2D eigenvalue weighted by atomic mass is 16.5. The van der Waals surface area contributed by atoms with Crippen LogP contribution in [0.5, 0.6) is 5.75 Å². The molecule has 0 atom stereocenters. The molecular weight excluding hydrogens is 232 g/mol. The van der Waals surface area contributed by atoms with Crippen molar-refractivity contribution in [2.75, 3.05) is 45.9 Å². The zero-order chi connectivity index (χ0) is 13.2. The van der Waals surface area contributed by atoms with Crippen LogP contribution in [0, 0.1) is 11.3 Å². The van der Waals surface area contributed by atoms with Crippen molar-refractivity contribution in [2.45, 2.75) is 0 Å². The highest BCUT2D eigenvalue weighted by molar-refractivity contribution is 5.66. The first-order valence-corrected chi connectivity index (χ1v) is 5.71. The van der Waals surface area contributed by atoms with Crippen LogP contribution < -0.4 is 10.1 Å². The van der Waals surface area contributed by atoms with E-state index in [0.29, 0.717) is 43.4 Å². The van der Waals surface area contributed by atoms with E-state index in [1.54, 1.807) is 26.4 Å². The molecule has 0 aliphatic rings. The lowest BCUT2D eigenvalue weighted by Crippen LogP contribution is -2.13. The third-order valence-corrected chi connectivity index (χ3v) is 2.35. The highest BCUT2D eigenvalue weighted by Gasteiger charge is 2.07. The summed E-state index contributed by atoms with van der Waals surface area (Å²) in [7, 11) is 3.21. The summed E-state index contributed by atoms with van der Waals surface area (Å²) in [6.07, 6.45) is 0. The number of rotatable bonds is 8. The first-order valence-electron chi connectivity index (χ1n) is 5.71. The first kappa shape index (κ1) is 14.3. The van der Waals surface area contributed by atoms with Gasteiger partial charge in [0.05, 0.1) is 38.2 Å². The zero-order valence-electron chi connectivity index (χ0n) is 10.7. The van der Waals surface area contributed by atoms with Crippen molar-refractivity contribution in [3.05, 3.63) is 23.8 Å². The van der Waals surface area contributed by atoms with Gasteiger partial charge in [-0.3, -0.25) is 0 Å². The molecule has 0 aliphatic carbocycles. The molecule has 0 aromatic heterocycles. The van der Waals surface area contributed by atoms with Crippen LogP contribution in [0.25, 0.3) is 0 Å². The van der Waals surface area contributed by atoms with Gasteiger partial charge in [-0.05, 0) is 12.1 Å². The number of benzene rings is 1. The molecule has 1 rings (SSSR count). The SMILES string of the molecule is COCCOCCNc1c(C#N)cccc1OC. The maximum atomic E-state index is 9.02. The van der Waals surface area contributed by atoms with Crippen molar-refractivity contribution >= 4 is 5.69 Å². The number of hydrogen-bond donors (Lipinski definition) is 1. The van der Waals surface area contributed by atoms with Gasteiger partial charge >= 0.3 is 0 Å². The fraction of sp³-hybridized carbons (Fsp3) is 0.462. The normalized spacial score (nSPS) is 9.83. The summed E-state index contributed by atoms with van der Waals surface area (Å²) in [5.41, 5.74) is 1.27. The van der Waals surface area contributed by atoms with Gasteiger partial charge < -0.3 is 19.5 Å². The molecule has 1 N–H and O–H groups in total. The van der Waals surface area contributed by atoms with Gasteiger partial charge in [0, 0.05) is 13.7 Å². The molecule has 0 spiro atoms. The van der Waals surface area contributed by atoms with Crippen molar-refractivity contribution in [2.24, 2.45) is 0 Å². The Bertz CT molecular complexity index is 402. The molecule has 0 radical (unpaired) electrons. The van der Waals surface area contributed by atoms with E-state index in [1.165, 1.54) is 0 Å². The van der Waals surface area contributed by atoms with E-state index in [0.717, 1.165) is 0 Å². The highest BCUT2D eigenvalue weighted by Crippen LogP contribution is 2.27. The second kappa shape index (κ2) is 8.34. The van der Waals surface area contributed by atoms with E-state index in [1.807, 2.05) is 6.07 Å². The van der Waals surface area contributed by atoms with Crippen molar-refractivity contribution in [3.8, 4) is 11.8 Å². The number of para-hydroxylation sites is 1. The number of nitriles is 1. The van der Waals surface area contributed by atoms with E-state index in [2.05, 4.69) is 11.4 Å². The molecule has 0 amide bonds. The van der Waals surface area contributed by atoms with Gasteiger partial charge in [0.25, 0.3) is 0 Å². The number of nitrogens with one attached hydrogen (secondary N) is 1. The third-order valence-electron chi connectivity index (χ3n) is 2.35. The minimum atomic E-state index is 0.548. The predicted molar refractivity (Wildman–Crippen MR) is 68.9 cm³/mol. The molecule has 5 nitrogen and oxygen atoms in total. The van der Waals surface area contributed by atoms with E-state index < -0.39 is 0 Å². The average Bonchev–Trinajstić information content (AvgIpc) is 2.42. The Hall–Kier alpha value is -1.77. The molecule has 18 heavy (non-hydrogen) atoms. The van der Waals surface area contributed by atoms with Gasteiger partial charge in [-0.2, -0.15) is 5.26 Å². The average molecular weight is 250 g/mol. The minimum Gasteiger partial charge on any atom is -0.495 e. The first-order chi connectivity index (χ1) is 8.83. The summed E-state index contributed by atoms with van der Waals surface area (Å²) in [6, 6.07) is 7.48. The zero-order valence-corrected chi connectivity index (χ0v) is 10.7.